The van der Waals surface area contributed by atoms with Crippen LogP contribution in [0.5, 0.6) is 5.75 Å². The SMILES string of the molecule is Cc1cc(O)cc(C)c1CC(CNc1c(NC(C)Cc2ccsc2)c(=O)c1=O)N(C)C. The number of anilines is 2. The molecule has 0 fully saturated rings. The van der Waals surface area contributed by atoms with Gasteiger partial charge in [0.1, 0.15) is 17.1 Å². The predicted octanol–water partition coefficient (Wildman–Crippen LogP) is 3.29. The van der Waals surface area contributed by atoms with Gasteiger partial charge < -0.3 is 20.6 Å². The Labute approximate surface area is 187 Å². The number of nitrogens with one attached hydrogen (secondary N) is 2. The Morgan fingerprint density at radius 1 is 1.06 bits per heavy atom. The summed E-state index contributed by atoms with van der Waals surface area (Å²) in [5.74, 6) is 0.272. The van der Waals surface area contributed by atoms with Crippen LogP contribution >= 0.6 is 11.3 Å². The molecule has 0 amide bonds. The molecule has 2 atom stereocenters. The van der Waals surface area contributed by atoms with Gasteiger partial charge in [-0.05, 0) is 98.9 Å². The van der Waals surface area contributed by atoms with Gasteiger partial charge in [0.15, 0.2) is 0 Å². The Morgan fingerprint density at radius 2 is 1.71 bits per heavy atom. The van der Waals surface area contributed by atoms with E-state index in [4.69, 9.17) is 0 Å². The average Bonchev–Trinajstić information content (AvgIpc) is 3.20. The molecule has 2 aromatic carbocycles. The third kappa shape index (κ3) is 5.35. The molecule has 0 aliphatic heterocycles. The summed E-state index contributed by atoms with van der Waals surface area (Å²) in [5.41, 5.74) is 4.35. The van der Waals surface area contributed by atoms with Crippen LogP contribution < -0.4 is 21.5 Å². The maximum absolute atomic E-state index is 12.2. The lowest BCUT2D eigenvalue weighted by atomic mass is 9.95. The highest BCUT2D eigenvalue weighted by Crippen LogP contribution is 2.23. The highest BCUT2D eigenvalue weighted by Gasteiger charge is 2.24. The second-order valence-corrected chi connectivity index (χ2v) is 9.33. The van der Waals surface area contributed by atoms with Gasteiger partial charge in [-0.1, -0.05) is 0 Å². The lowest BCUT2D eigenvalue weighted by molar-refractivity contribution is 0.302. The van der Waals surface area contributed by atoms with Gasteiger partial charge in [0, 0.05) is 18.6 Å². The minimum absolute atomic E-state index is 0.0467. The topological polar surface area (TPSA) is 81.7 Å². The Kier molecular flexibility index (Phi) is 7.18. The molecule has 1 aromatic heterocycles. The summed E-state index contributed by atoms with van der Waals surface area (Å²) in [4.78, 5) is 26.5. The van der Waals surface area contributed by atoms with Crippen LogP contribution in [0.4, 0.5) is 11.4 Å². The molecular weight excluding hydrogens is 410 g/mol. The summed E-state index contributed by atoms with van der Waals surface area (Å²) in [6.45, 7) is 6.54. The monoisotopic (exact) mass is 441 g/mol. The number of aryl methyl sites for hydroxylation is 2. The smallest absolute Gasteiger partial charge is 0.253 e. The van der Waals surface area contributed by atoms with Crippen molar-refractivity contribution in [3.05, 3.63) is 71.7 Å². The highest BCUT2D eigenvalue weighted by atomic mass is 32.1. The molecule has 0 saturated carbocycles. The molecule has 2 unspecified atom stereocenters. The Bertz CT molecular complexity index is 1080. The van der Waals surface area contributed by atoms with Crippen LogP contribution in [0.1, 0.15) is 29.2 Å². The minimum atomic E-state index is -0.459. The molecule has 3 N–H and O–H groups in total. The highest BCUT2D eigenvalue weighted by molar-refractivity contribution is 7.07. The van der Waals surface area contributed by atoms with E-state index in [1.54, 1.807) is 23.5 Å². The lowest BCUT2D eigenvalue weighted by Gasteiger charge is -2.28. The van der Waals surface area contributed by atoms with Crippen LogP contribution in [0, 0.1) is 13.8 Å². The molecule has 31 heavy (non-hydrogen) atoms. The van der Waals surface area contributed by atoms with Gasteiger partial charge >= 0.3 is 0 Å². The zero-order valence-corrected chi connectivity index (χ0v) is 19.6. The summed E-state index contributed by atoms with van der Waals surface area (Å²) < 4.78 is 0. The number of phenolic OH excluding ortho intramolecular Hbond substituents is 1. The van der Waals surface area contributed by atoms with E-state index in [0.717, 1.165) is 24.0 Å². The third-order valence-electron chi connectivity index (χ3n) is 5.79. The first-order valence-electron chi connectivity index (χ1n) is 10.5. The normalized spacial score (nSPS) is 13.5. The predicted molar refractivity (Wildman–Crippen MR) is 130 cm³/mol. The van der Waals surface area contributed by atoms with E-state index >= 15 is 0 Å². The van der Waals surface area contributed by atoms with E-state index in [1.807, 2.05) is 40.2 Å². The first-order valence-corrected chi connectivity index (χ1v) is 11.4. The van der Waals surface area contributed by atoms with Crippen molar-refractivity contribution in [2.75, 3.05) is 31.3 Å². The fraction of sp³-hybridized carbons (Fsp3) is 0.417. The van der Waals surface area contributed by atoms with Crippen molar-refractivity contribution in [1.29, 1.82) is 0 Å². The number of nitrogens with zero attached hydrogens (tertiary/aromatic N) is 1. The molecule has 7 heteroatoms. The maximum Gasteiger partial charge on any atom is 0.253 e. The Morgan fingerprint density at radius 3 is 2.29 bits per heavy atom. The number of likely N-dealkylation sites (N-methyl/N-ethyl adjacent to an activating group) is 1. The van der Waals surface area contributed by atoms with Crippen molar-refractivity contribution >= 4 is 22.7 Å². The lowest BCUT2D eigenvalue weighted by Crippen LogP contribution is -2.43. The van der Waals surface area contributed by atoms with Crippen LogP contribution in [0.2, 0.25) is 0 Å². The van der Waals surface area contributed by atoms with Gasteiger partial charge in [-0.3, -0.25) is 9.59 Å². The number of thiophene rings is 1. The molecule has 166 valence electrons. The molecule has 0 aliphatic carbocycles. The van der Waals surface area contributed by atoms with Gasteiger partial charge in [0.25, 0.3) is 10.9 Å². The van der Waals surface area contributed by atoms with Crippen molar-refractivity contribution in [2.24, 2.45) is 0 Å². The molecule has 0 bridgehead atoms. The van der Waals surface area contributed by atoms with E-state index in [-0.39, 0.29) is 17.8 Å². The summed E-state index contributed by atoms with van der Waals surface area (Å²) in [6, 6.07) is 5.78. The zero-order valence-electron chi connectivity index (χ0n) is 18.8. The summed E-state index contributed by atoms with van der Waals surface area (Å²) in [7, 11) is 4.00. The molecule has 0 spiro atoms. The maximum atomic E-state index is 12.2. The average molecular weight is 442 g/mol. The number of phenols is 1. The molecule has 3 aromatic rings. The number of rotatable bonds is 10. The number of aromatic hydroxyl groups is 1. The fourth-order valence-electron chi connectivity index (χ4n) is 3.94. The standard InChI is InChI=1S/C24H31N3O3S/c1-14-8-19(28)9-15(2)20(14)11-18(27(4)5)12-25-21-22(24(30)23(21)29)26-16(3)10-17-6-7-31-13-17/h6-9,13,16,18,25-26,28H,10-12H2,1-5H3. The van der Waals surface area contributed by atoms with Crippen molar-refractivity contribution in [2.45, 2.75) is 45.7 Å². The third-order valence-corrected chi connectivity index (χ3v) is 6.52. The van der Waals surface area contributed by atoms with Gasteiger partial charge in [0.05, 0.1) is 0 Å². The Hall–Kier alpha value is -2.64. The molecule has 1 heterocycles. The van der Waals surface area contributed by atoms with Crippen LogP contribution in [0.25, 0.3) is 0 Å². The quantitative estimate of drug-likeness (QED) is 0.419. The molecule has 3 rings (SSSR count). The van der Waals surface area contributed by atoms with Crippen LogP contribution in [0.3, 0.4) is 0 Å². The second kappa shape index (κ2) is 9.66. The molecular formula is C24H31N3O3S. The number of hydrogen-bond donors (Lipinski definition) is 3. The van der Waals surface area contributed by atoms with E-state index in [0.29, 0.717) is 17.9 Å². The van der Waals surface area contributed by atoms with E-state index < -0.39 is 10.9 Å². The van der Waals surface area contributed by atoms with Crippen molar-refractivity contribution in [3.63, 3.8) is 0 Å². The molecule has 0 aliphatic rings. The van der Waals surface area contributed by atoms with Crippen LogP contribution in [0.15, 0.2) is 38.5 Å². The number of hydrogen-bond acceptors (Lipinski definition) is 7. The zero-order chi connectivity index (χ0) is 22.7. The summed E-state index contributed by atoms with van der Waals surface area (Å²) in [5, 5.41) is 20.4. The fourth-order valence-corrected chi connectivity index (χ4v) is 4.62. The first kappa shape index (κ1) is 23.0. The second-order valence-electron chi connectivity index (χ2n) is 8.55. The van der Waals surface area contributed by atoms with Crippen molar-refractivity contribution in [3.8, 4) is 5.75 Å². The summed E-state index contributed by atoms with van der Waals surface area (Å²) in [6.07, 6.45) is 1.56. The Balaban J connectivity index is 1.68. The first-order chi connectivity index (χ1) is 14.7. The van der Waals surface area contributed by atoms with Gasteiger partial charge in [0.2, 0.25) is 0 Å². The largest absolute Gasteiger partial charge is 0.508 e. The summed E-state index contributed by atoms with van der Waals surface area (Å²) >= 11 is 1.65. The molecule has 6 nitrogen and oxygen atoms in total. The van der Waals surface area contributed by atoms with E-state index in [1.165, 1.54) is 11.1 Å². The van der Waals surface area contributed by atoms with Gasteiger partial charge in [-0.25, -0.2) is 0 Å². The van der Waals surface area contributed by atoms with Crippen molar-refractivity contribution < 1.29 is 5.11 Å². The molecule has 0 saturated heterocycles. The van der Waals surface area contributed by atoms with Gasteiger partial charge in [-0.2, -0.15) is 11.3 Å². The molecule has 0 radical (unpaired) electrons. The van der Waals surface area contributed by atoms with Crippen LogP contribution in [-0.4, -0.2) is 42.7 Å². The number of benzene rings is 1. The van der Waals surface area contributed by atoms with Gasteiger partial charge in [-0.15, -0.1) is 0 Å². The van der Waals surface area contributed by atoms with E-state index in [9.17, 15) is 14.7 Å². The van der Waals surface area contributed by atoms with Crippen LogP contribution in [-0.2, 0) is 12.8 Å². The minimum Gasteiger partial charge on any atom is -0.508 e. The van der Waals surface area contributed by atoms with Crippen molar-refractivity contribution in [1.82, 2.24) is 4.90 Å². The van der Waals surface area contributed by atoms with E-state index in [2.05, 4.69) is 27.0 Å².